The van der Waals surface area contributed by atoms with Crippen LogP contribution in [0.2, 0.25) is 0 Å². The summed E-state index contributed by atoms with van der Waals surface area (Å²) in [6.45, 7) is 4.47. The molecule has 0 rings (SSSR count). The molecule has 2 atom stereocenters. The van der Waals surface area contributed by atoms with Crippen LogP contribution in [0.1, 0.15) is 174 Å². The van der Waals surface area contributed by atoms with Crippen LogP contribution in [0.4, 0.5) is 0 Å². The SMILES string of the molecule is CCCCCCCCCCCCCC(=O)OC(N)C(CC(N)=O)OC(=O)CCCCCCCCCCCCC. The van der Waals surface area contributed by atoms with Gasteiger partial charge >= 0.3 is 11.9 Å². The maximum absolute atomic E-state index is 12.3. The van der Waals surface area contributed by atoms with Gasteiger partial charge in [-0.1, -0.05) is 142 Å². The summed E-state index contributed by atoms with van der Waals surface area (Å²) >= 11 is 0. The van der Waals surface area contributed by atoms with Gasteiger partial charge in [0.05, 0.1) is 6.42 Å². The molecule has 0 aromatic rings. The highest BCUT2D eigenvalue weighted by atomic mass is 16.6. The van der Waals surface area contributed by atoms with Crippen LogP contribution in [0.25, 0.3) is 0 Å². The van der Waals surface area contributed by atoms with Crippen LogP contribution in [0.15, 0.2) is 0 Å². The minimum atomic E-state index is -1.20. The smallest absolute Gasteiger partial charge is 0.307 e. The van der Waals surface area contributed by atoms with Crippen LogP contribution < -0.4 is 11.5 Å². The molecule has 7 nitrogen and oxygen atoms in total. The van der Waals surface area contributed by atoms with Gasteiger partial charge in [-0.2, -0.15) is 0 Å². The third kappa shape index (κ3) is 26.4. The Labute approximate surface area is 239 Å². The summed E-state index contributed by atoms with van der Waals surface area (Å²) in [5.41, 5.74) is 11.3. The average molecular weight is 555 g/mol. The van der Waals surface area contributed by atoms with Crippen molar-refractivity contribution in [2.45, 2.75) is 187 Å². The maximum Gasteiger partial charge on any atom is 0.307 e. The highest BCUT2D eigenvalue weighted by Crippen LogP contribution is 2.15. The Kier molecular flexibility index (Phi) is 26.8. The number of rotatable bonds is 29. The van der Waals surface area contributed by atoms with E-state index < -0.39 is 30.2 Å². The minimum Gasteiger partial charge on any atom is -0.456 e. The van der Waals surface area contributed by atoms with E-state index in [0.29, 0.717) is 0 Å². The van der Waals surface area contributed by atoms with E-state index in [-0.39, 0.29) is 19.3 Å². The highest BCUT2D eigenvalue weighted by Gasteiger charge is 2.27. The zero-order valence-electron chi connectivity index (χ0n) is 25.5. The molecule has 0 bridgehead atoms. The first-order valence-corrected chi connectivity index (χ1v) is 16.3. The Morgan fingerprint density at radius 2 is 0.821 bits per heavy atom. The molecule has 0 radical (unpaired) electrons. The largest absolute Gasteiger partial charge is 0.456 e. The van der Waals surface area contributed by atoms with Crippen molar-refractivity contribution in [2.75, 3.05) is 0 Å². The van der Waals surface area contributed by atoms with Crippen LogP contribution in [-0.2, 0) is 23.9 Å². The molecule has 0 aromatic heterocycles. The van der Waals surface area contributed by atoms with Crippen LogP contribution >= 0.6 is 0 Å². The predicted molar refractivity (Wildman–Crippen MR) is 160 cm³/mol. The van der Waals surface area contributed by atoms with Gasteiger partial charge in [-0.25, -0.2) is 0 Å². The number of carbonyl (C=O) groups excluding carboxylic acids is 3. The van der Waals surface area contributed by atoms with Gasteiger partial charge in [0.25, 0.3) is 0 Å². The standard InChI is InChI=1S/C32H62N2O5/c1-3-5-7-9-11-13-15-17-19-21-23-25-30(36)38-28(27-29(33)35)32(34)39-31(37)26-24-22-20-18-16-14-12-10-8-6-4-2/h28,32H,3-27,34H2,1-2H3,(H2,33,35). The molecule has 0 saturated carbocycles. The van der Waals surface area contributed by atoms with Gasteiger partial charge in [0, 0.05) is 12.8 Å². The fourth-order valence-corrected chi connectivity index (χ4v) is 4.80. The van der Waals surface area contributed by atoms with Gasteiger partial charge in [0.1, 0.15) is 0 Å². The second-order valence-electron chi connectivity index (χ2n) is 11.2. The second kappa shape index (κ2) is 27.9. The third-order valence-corrected chi connectivity index (χ3v) is 7.29. The monoisotopic (exact) mass is 554 g/mol. The Morgan fingerprint density at radius 1 is 0.513 bits per heavy atom. The molecule has 4 N–H and O–H groups in total. The van der Waals surface area contributed by atoms with E-state index in [1.165, 1.54) is 103 Å². The van der Waals surface area contributed by atoms with Gasteiger partial charge in [0.15, 0.2) is 12.3 Å². The van der Waals surface area contributed by atoms with Gasteiger partial charge in [0.2, 0.25) is 5.91 Å². The summed E-state index contributed by atoms with van der Waals surface area (Å²) in [4.78, 5) is 36.0. The van der Waals surface area contributed by atoms with Gasteiger partial charge in [-0.3, -0.25) is 20.1 Å². The molecule has 2 unspecified atom stereocenters. The number of amides is 1. The quantitative estimate of drug-likeness (QED) is 0.0548. The summed E-state index contributed by atoms with van der Waals surface area (Å²) in [5.74, 6) is -1.53. The van der Waals surface area contributed by atoms with Crippen molar-refractivity contribution in [3.63, 3.8) is 0 Å². The number of primary amides is 1. The number of hydrogen-bond acceptors (Lipinski definition) is 6. The summed E-state index contributed by atoms with van der Waals surface area (Å²) in [7, 11) is 0. The zero-order valence-corrected chi connectivity index (χ0v) is 25.5. The Morgan fingerprint density at radius 3 is 1.15 bits per heavy atom. The first-order chi connectivity index (χ1) is 18.9. The lowest BCUT2D eigenvalue weighted by Crippen LogP contribution is -2.44. The Bertz CT molecular complexity index is 599. The highest BCUT2D eigenvalue weighted by molar-refractivity contribution is 5.76. The fraction of sp³-hybridized carbons (Fsp3) is 0.906. The first-order valence-electron chi connectivity index (χ1n) is 16.3. The number of ether oxygens (including phenoxy) is 2. The number of unbranched alkanes of at least 4 members (excludes halogenated alkanes) is 20. The van der Waals surface area contributed by atoms with E-state index in [9.17, 15) is 14.4 Å². The lowest BCUT2D eigenvalue weighted by atomic mass is 10.1. The molecule has 0 saturated heterocycles. The van der Waals surface area contributed by atoms with Crippen LogP contribution in [0, 0.1) is 0 Å². The number of esters is 2. The molecule has 0 fully saturated rings. The lowest BCUT2D eigenvalue weighted by Gasteiger charge is -2.23. The molecule has 39 heavy (non-hydrogen) atoms. The first kappa shape index (κ1) is 37.4. The van der Waals surface area contributed by atoms with Crippen molar-refractivity contribution < 1.29 is 23.9 Å². The summed E-state index contributed by atoms with van der Waals surface area (Å²) in [6, 6.07) is 0. The van der Waals surface area contributed by atoms with E-state index in [2.05, 4.69) is 13.8 Å². The molecule has 0 aromatic carbocycles. The molecule has 1 amide bonds. The topological polar surface area (TPSA) is 122 Å². The summed E-state index contributed by atoms with van der Waals surface area (Å²) < 4.78 is 10.7. The molecule has 0 aliphatic rings. The molecule has 7 heteroatoms. The van der Waals surface area contributed by atoms with Crippen LogP contribution in [0.5, 0.6) is 0 Å². The number of nitrogens with two attached hydrogens (primary N) is 2. The van der Waals surface area contributed by atoms with E-state index in [0.717, 1.165) is 38.5 Å². The normalized spacial score (nSPS) is 12.7. The molecule has 0 aliphatic heterocycles. The molecular weight excluding hydrogens is 492 g/mol. The third-order valence-electron chi connectivity index (χ3n) is 7.29. The molecule has 230 valence electrons. The summed E-state index contributed by atoms with van der Waals surface area (Å²) in [6.07, 6.45) is 24.3. The van der Waals surface area contributed by atoms with Crippen molar-refractivity contribution in [1.82, 2.24) is 0 Å². The van der Waals surface area contributed by atoms with E-state index in [4.69, 9.17) is 20.9 Å². The second-order valence-corrected chi connectivity index (χ2v) is 11.2. The zero-order chi connectivity index (χ0) is 29.0. The maximum atomic E-state index is 12.3. The van der Waals surface area contributed by atoms with Gasteiger partial charge < -0.3 is 15.2 Å². The average Bonchev–Trinajstić information content (AvgIpc) is 2.89. The fourth-order valence-electron chi connectivity index (χ4n) is 4.80. The van der Waals surface area contributed by atoms with Crippen molar-refractivity contribution in [2.24, 2.45) is 11.5 Å². The molecule has 0 heterocycles. The number of carbonyl (C=O) groups is 3. The van der Waals surface area contributed by atoms with Crippen molar-refractivity contribution in [3.05, 3.63) is 0 Å². The predicted octanol–water partition coefficient (Wildman–Crippen LogP) is 8.00. The van der Waals surface area contributed by atoms with Gasteiger partial charge in [-0.05, 0) is 12.8 Å². The van der Waals surface area contributed by atoms with Crippen LogP contribution in [0.3, 0.4) is 0 Å². The minimum absolute atomic E-state index is 0.256. The Balaban J connectivity index is 3.98. The summed E-state index contributed by atoms with van der Waals surface area (Å²) in [5, 5.41) is 0. The van der Waals surface area contributed by atoms with E-state index in [1.807, 2.05) is 0 Å². The van der Waals surface area contributed by atoms with E-state index >= 15 is 0 Å². The van der Waals surface area contributed by atoms with Crippen molar-refractivity contribution in [1.29, 1.82) is 0 Å². The molecule has 0 spiro atoms. The molecule has 0 aliphatic carbocycles. The lowest BCUT2D eigenvalue weighted by molar-refractivity contribution is -0.169. The van der Waals surface area contributed by atoms with E-state index in [1.54, 1.807) is 0 Å². The van der Waals surface area contributed by atoms with Crippen LogP contribution in [-0.4, -0.2) is 30.2 Å². The van der Waals surface area contributed by atoms with Crippen molar-refractivity contribution >= 4 is 17.8 Å². The number of hydrogen-bond donors (Lipinski definition) is 2. The Hall–Kier alpha value is -1.63. The van der Waals surface area contributed by atoms with Gasteiger partial charge in [-0.15, -0.1) is 0 Å². The van der Waals surface area contributed by atoms with Crippen molar-refractivity contribution in [3.8, 4) is 0 Å². The molecular formula is C32H62N2O5.